The highest BCUT2D eigenvalue weighted by molar-refractivity contribution is 6.41. The number of rotatable bonds is 5. The van der Waals surface area contributed by atoms with Crippen molar-refractivity contribution in [2.24, 2.45) is 21.6 Å². The van der Waals surface area contributed by atoms with Crippen molar-refractivity contribution in [1.82, 2.24) is 0 Å². The van der Waals surface area contributed by atoms with Gasteiger partial charge in [-0.1, -0.05) is 12.1 Å². The maximum atomic E-state index is 14.1. The number of benzene rings is 2. The van der Waals surface area contributed by atoms with Crippen LogP contribution in [-0.4, -0.2) is 24.3 Å². The molecular formula is C25H25F3N4O. The number of amidine groups is 1. The van der Waals surface area contributed by atoms with Gasteiger partial charge in [-0.15, -0.1) is 0 Å². The van der Waals surface area contributed by atoms with Crippen molar-refractivity contribution < 1.29 is 17.9 Å². The molecule has 5 nitrogen and oxygen atoms in total. The average Bonchev–Trinajstić information content (AvgIpc) is 3.08. The monoisotopic (exact) mass is 454 g/mol. The molecule has 1 atom stereocenters. The lowest BCUT2D eigenvalue weighted by Crippen LogP contribution is -2.36. The van der Waals surface area contributed by atoms with Gasteiger partial charge in [0.05, 0.1) is 23.4 Å². The van der Waals surface area contributed by atoms with Crippen LogP contribution in [0.1, 0.15) is 49.3 Å². The quantitative estimate of drug-likeness (QED) is 0.652. The van der Waals surface area contributed by atoms with Crippen LogP contribution in [0.2, 0.25) is 0 Å². The van der Waals surface area contributed by atoms with Gasteiger partial charge in [0.2, 0.25) is 0 Å². The van der Waals surface area contributed by atoms with Gasteiger partial charge in [-0.3, -0.25) is 4.99 Å². The fourth-order valence-corrected chi connectivity index (χ4v) is 4.89. The lowest BCUT2D eigenvalue weighted by atomic mass is 9.74. The summed E-state index contributed by atoms with van der Waals surface area (Å²) < 4.78 is 44.2. The summed E-state index contributed by atoms with van der Waals surface area (Å²) in [6.45, 7) is 0.967. The van der Waals surface area contributed by atoms with Gasteiger partial charge >= 0.3 is 6.61 Å². The van der Waals surface area contributed by atoms with Crippen molar-refractivity contribution >= 4 is 11.5 Å². The Balaban J connectivity index is 1.77. The van der Waals surface area contributed by atoms with Crippen LogP contribution < -0.4 is 5.73 Å². The summed E-state index contributed by atoms with van der Waals surface area (Å²) in [7, 11) is 0. The molecule has 1 aliphatic heterocycles. The molecule has 33 heavy (non-hydrogen) atoms. The van der Waals surface area contributed by atoms with Crippen LogP contribution in [0.25, 0.3) is 11.1 Å². The number of nitrogens with zero attached hydrogens (tertiary/aromatic N) is 3. The number of hydrogen-bond acceptors (Lipinski definition) is 5. The Bertz CT molecular complexity index is 1140. The molecular weight excluding hydrogens is 429 g/mol. The third-order valence-corrected chi connectivity index (χ3v) is 6.53. The molecule has 0 spiro atoms. The first-order chi connectivity index (χ1) is 15.7. The minimum Gasteiger partial charge on any atom is -0.382 e. The van der Waals surface area contributed by atoms with Crippen molar-refractivity contribution in [3.8, 4) is 17.2 Å². The normalized spacial score (nSPS) is 25.0. The molecule has 2 N–H and O–H groups in total. The Morgan fingerprint density at radius 1 is 1.06 bits per heavy atom. The number of ether oxygens (including phenoxy) is 1. The highest BCUT2D eigenvalue weighted by Gasteiger charge is 2.46. The fourth-order valence-electron chi connectivity index (χ4n) is 4.89. The van der Waals surface area contributed by atoms with Crippen LogP contribution in [0, 0.1) is 30.0 Å². The number of halogens is 3. The molecule has 1 heterocycles. The van der Waals surface area contributed by atoms with Gasteiger partial charge in [0, 0.05) is 11.5 Å². The summed E-state index contributed by atoms with van der Waals surface area (Å²) in [6, 6.07) is 11.9. The summed E-state index contributed by atoms with van der Waals surface area (Å²) in [5.41, 5.74) is 9.12. The second kappa shape index (κ2) is 8.99. The molecule has 0 radical (unpaired) electrons. The third kappa shape index (κ3) is 4.51. The van der Waals surface area contributed by atoms with Crippen molar-refractivity contribution in [1.29, 1.82) is 5.26 Å². The number of aryl methyl sites for hydroxylation is 1. The van der Waals surface area contributed by atoms with Crippen molar-refractivity contribution in [2.45, 2.75) is 57.9 Å². The highest BCUT2D eigenvalue weighted by Crippen LogP contribution is 2.47. The third-order valence-electron chi connectivity index (χ3n) is 6.53. The number of alkyl halides is 2. The van der Waals surface area contributed by atoms with Crippen LogP contribution in [0.4, 0.5) is 13.2 Å². The summed E-state index contributed by atoms with van der Waals surface area (Å²) >= 11 is 0. The second-order valence-electron chi connectivity index (χ2n) is 8.66. The Hall–Kier alpha value is -3.18. The van der Waals surface area contributed by atoms with E-state index >= 15 is 0 Å². The number of aliphatic imine (C=N–C) groups is 2. The molecule has 1 unspecified atom stereocenters. The van der Waals surface area contributed by atoms with Gasteiger partial charge in [-0.05, 0) is 80.5 Å². The maximum absolute atomic E-state index is 14.1. The van der Waals surface area contributed by atoms with E-state index in [-0.39, 0.29) is 11.5 Å². The van der Waals surface area contributed by atoms with E-state index in [0.717, 1.165) is 16.7 Å². The van der Waals surface area contributed by atoms with Gasteiger partial charge in [0.25, 0.3) is 0 Å². The van der Waals surface area contributed by atoms with Gasteiger partial charge in [-0.2, -0.15) is 14.0 Å². The predicted molar refractivity (Wildman–Crippen MR) is 121 cm³/mol. The first kappa shape index (κ1) is 23.0. The van der Waals surface area contributed by atoms with E-state index in [2.05, 4.69) is 0 Å². The molecule has 0 amide bonds. The summed E-state index contributed by atoms with van der Waals surface area (Å²) in [5.74, 6) is -0.194. The van der Waals surface area contributed by atoms with Crippen molar-refractivity contribution in [3.05, 3.63) is 58.9 Å². The standard InChI is InChI=1S/C25H25F3N4O/c1-14-3-4-17(18-9-16(13-29)10-20(26)11-18)12-22(14)25(31-15(2)23(30)32-25)19-5-7-21(8-6-19)33-24(27)28/h3-4,9-12,19,21,24H,5-8H2,1-2H3,(H2,30,32). The Kier molecular flexibility index (Phi) is 6.26. The van der Waals surface area contributed by atoms with Gasteiger partial charge in [-0.25, -0.2) is 9.38 Å². The zero-order valence-electron chi connectivity index (χ0n) is 18.5. The number of hydrogen-bond donors (Lipinski definition) is 1. The average molecular weight is 454 g/mol. The maximum Gasteiger partial charge on any atom is 0.345 e. The van der Waals surface area contributed by atoms with Crippen LogP contribution in [0.5, 0.6) is 0 Å². The minimum absolute atomic E-state index is 0.0536. The zero-order valence-corrected chi connectivity index (χ0v) is 18.5. The summed E-state index contributed by atoms with van der Waals surface area (Å²) in [6.07, 6.45) is 1.68. The van der Waals surface area contributed by atoms with Gasteiger partial charge < -0.3 is 10.5 Å². The zero-order chi connectivity index (χ0) is 23.8. The van der Waals surface area contributed by atoms with E-state index in [0.29, 0.717) is 42.8 Å². The first-order valence-electron chi connectivity index (χ1n) is 10.9. The van der Waals surface area contributed by atoms with E-state index in [4.69, 9.17) is 20.5 Å². The molecule has 2 aromatic rings. The summed E-state index contributed by atoms with van der Waals surface area (Å²) in [4.78, 5) is 9.70. The topological polar surface area (TPSA) is 83.8 Å². The SMILES string of the molecule is CC1=NC(c2cc(-c3cc(F)cc(C#N)c3)ccc2C)(C2CCC(OC(F)F)CC2)N=C1N. The molecule has 0 bridgehead atoms. The van der Waals surface area contributed by atoms with Crippen molar-refractivity contribution in [3.63, 3.8) is 0 Å². The first-order valence-corrected chi connectivity index (χ1v) is 10.9. The number of nitrogens with two attached hydrogens (primary N) is 1. The molecule has 1 saturated carbocycles. The second-order valence-corrected chi connectivity index (χ2v) is 8.66. The molecule has 8 heteroatoms. The van der Waals surface area contributed by atoms with Gasteiger partial charge in [0.1, 0.15) is 11.7 Å². The van der Waals surface area contributed by atoms with E-state index < -0.39 is 24.2 Å². The largest absolute Gasteiger partial charge is 0.382 e. The lowest BCUT2D eigenvalue weighted by molar-refractivity contribution is -0.172. The lowest BCUT2D eigenvalue weighted by Gasteiger charge is -2.38. The van der Waals surface area contributed by atoms with Crippen LogP contribution in [-0.2, 0) is 10.4 Å². The Labute approximate surface area is 190 Å². The molecule has 0 saturated heterocycles. The minimum atomic E-state index is -2.79. The Morgan fingerprint density at radius 3 is 2.39 bits per heavy atom. The molecule has 1 aliphatic carbocycles. The van der Waals surface area contributed by atoms with E-state index in [1.165, 1.54) is 12.1 Å². The van der Waals surface area contributed by atoms with Gasteiger partial charge in [0.15, 0.2) is 5.66 Å². The highest BCUT2D eigenvalue weighted by atomic mass is 19.3. The molecule has 172 valence electrons. The summed E-state index contributed by atoms with van der Waals surface area (Å²) in [5, 5.41) is 9.23. The fraction of sp³-hybridized carbons (Fsp3) is 0.400. The molecule has 4 rings (SSSR count). The molecule has 0 aromatic heterocycles. The van der Waals surface area contributed by atoms with Crippen LogP contribution >= 0.6 is 0 Å². The van der Waals surface area contributed by atoms with E-state index in [9.17, 15) is 18.4 Å². The smallest absolute Gasteiger partial charge is 0.345 e. The van der Waals surface area contributed by atoms with Crippen LogP contribution in [0.15, 0.2) is 46.4 Å². The molecule has 2 aliphatic rings. The van der Waals surface area contributed by atoms with Crippen molar-refractivity contribution in [2.75, 3.05) is 0 Å². The van der Waals surface area contributed by atoms with Crippen LogP contribution in [0.3, 0.4) is 0 Å². The molecule has 1 fully saturated rings. The Morgan fingerprint density at radius 2 is 1.79 bits per heavy atom. The molecule has 2 aromatic carbocycles. The van der Waals surface area contributed by atoms with E-state index in [1.807, 2.05) is 31.2 Å². The van der Waals surface area contributed by atoms with E-state index in [1.54, 1.807) is 13.0 Å². The predicted octanol–water partition coefficient (Wildman–Crippen LogP) is 5.46. The number of nitriles is 1.